The van der Waals surface area contributed by atoms with Crippen LogP contribution in [0.1, 0.15) is 216 Å². The van der Waals surface area contributed by atoms with E-state index in [2.05, 4.69) is 0 Å². The highest BCUT2D eigenvalue weighted by Gasteiger charge is 2.30. The summed E-state index contributed by atoms with van der Waals surface area (Å²) < 4.78 is 36.6. The molecule has 8 bridgehead atoms. The molecule has 0 atom stereocenters. The second-order valence-electron chi connectivity index (χ2n) is 17.9. The molecule has 0 aliphatic heterocycles. The molecule has 5 rings (SSSR count). The van der Waals surface area contributed by atoms with E-state index < -0.39 is 15.6 Å². The van der Waals surface area contributed by atoms with Crippen LogP contribution in [0.4, 0.5) is 0 Å². The minimum Gasteiger partial charge on any atom is -0.507 e. The lowest BCUT2D eigenvalue weighted by Crippen LogP contribution is -2.11. The Labute approximate surface area is 399 Å². The Balaban J connectivity index is 1.93. The van der Waals surface area contributed by atoms with Gasteiger partial charge in [0.2, 0.25) is 0 Å². The van der Waals surface area contributed by atoms with Gasteiger partial charge in [-0.1, -0.05) is 79.1 Å². The number of rotatable bonds is 24. The van der Waals surface area contributed by atoms with E-state index in [9.17, 15) is 58.1 Å². The van der Waals surface area contributed by atoms with E-state index >= 15 is 0 Å². The highest BCUT2D eigenvalue weighted by molar-refractivity contribution is 7.47. The van der Waals surface area contributed by atoms with Crippen LogP contribution in [-0.4, -0.2) is 52.9 Å². The average Bonchev–Trinajstić information content (AvgIpc) is 3.27. The normalized spacial score (nSPS) is 12.7. The topological polar surface area (TPSA) is 242 Å². The molecule has 4 aromatic rings. The molecule has 14 nitrogen and oxygen atoms in total. The molecule has 16 heteroatoms. The SMILES string of the molecule is CCCCCC(=O)c1cc2c(O)c(c1)Cc1cc(C(=O)CCCCC)cc(c1OP(=O)(O)O)Cc1cc(C(=O)CCCCC)cc(c1O)Cc1cc(C(=O)CCCCC)cc(c1OP(=O)(O)O)C2. The monoisotopic (exact) mass is 976 g/mol. The second-order valence-corrected chi connectivity index (χ2v) is 20.3. The number of Topliss-reactive ketones (excluding diaryl/α,β-unsaturated/α-hetero) is 4. The molecular weight excluding hydrogens is 911 g/mol. The number of ketones is 4. The molecule has 4 aromatic carbocycles. The zero-order chi connectivity index (χ0) is 49.8. The summed E-state index contributed by atoms with van der Waals surface area (Å²) in [7, 11) is -10.7. The maximum atomic E-state index is 13.9. The van der Waals surface area contributed by atoms with Crippen molar-refractivity contribution >= 4 is 38.8 Å². The lowest BCUT2D eigenvalue weighted by molar-refractivity contribution is 0.0971. The molecule has 0 spiro atoms. The molecule has 0 heterocycles. The van der Waals surface area contributed by atoms with Gasteiger partial charge in [0.05, 0.1) is 0 Å². The molecule has 1 aliphatic rings. The fourth-order valence-corrected chi connectivity index (χ4v) is 9.69. The van der Waals surface area contributed by atoms with Crippen LogP contribution < -0.4 is 9.05 Å². The summed E-state index contributed by atoms with van der Waals surface area (Å²) in [5, 5.41) is 24.5. The first-order chi connectivity index (χ1) is 32.2. The summed E-state index contributed by atoms with van der Waals surface area (Å²) in [5.41, 5.74) is 1.34. The van der Waals surface area contributed by atoms with Crippen molar-refractivity contribution in [2.75, 3.05) is 0 Å². The number of benzene rings is 4. The number of phenolic OH excluding ortho intramolecular Hbond substituents is 2. The third kappa shape index (κ3) is 15.0. The van der Waals surface area contributed by atoms with Gasteiger partial charge in [0.15, 0.2) is 23.1 Å². The number of hydrogen-bond acceptors (Lipinski definition) is 10. The van der Waals surface area contributed by atoms with Gasteiger partial charge in [0.25, 0.3) is 0 Å². The summed E-state index contributed by atoms with van der Waals surface area (Å²) >= 11 is 0. The number of unbranched alkanes of at least 4 members (excludes halogenated alkanes) is 8. The number of phenols is 2. The van der Waals surface area contributed by atoms with Gasteiger partial charge >= 0.3 is 15.6 Å². The van der Waals surface area contributed by atoms with Crippen LogP contribution in [0.25, 0.3) is 0 Å². The lowest BCUT2D eigenvalue weighted by atomic mass is 9.86. The first kappa shape index (κ1) is 54.0. The van der Waals surface area contributed by atoms with Crippen molar-refractivity contribution in [1.29, 1.82) is 0 Å². The van der Waals surface area contributed by atoms with Gasteiger partial charge in [-0.3, -0.25) is 38.8 Å². The first-order valence-electron chi connectivity index (χ1n) is 23.9. The smallest absolute Gasteiger partial charge is 0.507 e. The predicted octanol–water partition coefficient (Wildman–Crippen LogP) is 11.8. The van der Waals surface area contributed by atoms with Gasteiger partial charge in [-0.25, -0.2) is 9.13 Å². The van der Waals surface area contributed by atoms with Gasteiger partial charge in [-0.05, 0) is 96.5 Å². The number of hydrogen-bond donors (Lipinski definition) is 6. The molecule has 0 saturated heterocycles. The molecule has 0 unspecified atom stereocenters. The Hall–Kier alpha value is -4.94. The molecule has 68 heavy (non-hydrogen) atoms. The van der Waals surface area contributed by atoms with Gasteiger partial charge in [-0.15, -0.1) is 0 Å². The Morgan fingerprint density at radius 2 is 0.603 bits per heavy atom. The number of carbonyl (C=O) groups is 4. The third-order valence-electron chi connectivity index (χ3n) is 12.3. The fraction of sp³-hybridized carbons (Fsp3) is 0.462. The summed E-state index contributed by atoms with van der Waals surface area (Å²) in [5.74, 6) is -2.50. The second kappa shape index (κ2) is 24.6. The quantitative estimate of drug-likeness (QED) is 0.0191. The number of aromatic hydroxyl groups is 2. The highest BCUT2D eigenvalue weighted by atomic mass is 31.2. The minimum atomic E-state index is -5.35. The maximum Gasteiger partial charge on any atom is 0.524 e. The summed E-state index contributed by atoms with van der Waals surface area (Å²) in [4.78, 5) is 97.2. The van der Waals surface area contributed by atoms with Crippen molar-refractivity contribution in [2.24, 2.45) is 0 Å². The maximum absolute atomic E-state index is 13.9. The molecule has 0 fully saturated rings. The van der Waals surface area contributed by atoms with Crippen molar-refractivity contribution in [3.8, 4) is 23.0 Å². The van der Waals surface area contributed by atoms with Crippen LogP contribution in [0, 0.1) is 0 Å². The molecule has 368 valence electrons. The summed E-state index contributed by atoms with van der Waals surface area (Å²) in [6, 6.07) is 11.6. The molecule has 0 aromatic heterocycles. The van der Waals surface area contributed by atoms with Gasteiger partial charge in [0.1, 0.15) is 23.0 Å². The van der Waals surface area contributed by atoms with Crippen molar-refractivity contribution in [2.45, 2.75) is 156 Å². The highest BCUT2D eigenvalue weighted by Crippen LogP contribution is 2.47. The Morgan fingerprint density at radius 3 is 0.794 bits per heavy atom. The van der Waals surface area contributed by atoms with Crippen LogP contribution >= 0.6 is 15.6 Å². The Morgan fingerprint density at radius 1 is 0.397 bits per heavy atom. The summed E-state index contributed by atoms with van der Waals surface area (Å²) in [6.45, 7) is 7.98. The van der Waals surface area contributed by atoms with Crippen molar-refractivity contribution in [1.82, 2.24) is 0 Å². The summed E-state index contributed by atoms with van der Waals surface area (Å²) in [6.07, 6.45) is 7.97. The van der Waals surface area contributed by atoms with E-state index in [1.165, 1.54) is 48.5 Å². The fourth-order valence-electron chi connectivity index (χ4n) is 8.75. The number of phosphoric ester groups is 2. The van der Waals surface area contributed by atoms with Crippen LogP contribution in [0.5, 0.6) is 23.0 Å². The Bertz CT molecular complexity index is 2310. The standard InChI is InChI=1S/C52H66O14P2/c1-5-9-13-17-45(53)33-21-37-29-41-25-35(47(55)19-15-11-7-3)27-43(51(41)65-67(59,60)61)31-39-23-34(46(54)18-14-10-6-2)24-40(50(39)58)32-44-28-36(48(56)20-16-12-8-4)26-42(30-38(22-33)49(37)57)52(44)66-68(62,63)64/h21-28,57-58H,5-20,29-32H2,1-4H3,(H2,59,60,61)(H2,62,63,64). The molecular formula is C52H66O14P2. The van der Waals surface area contributed by atoms with E-state index in [1.807, 2.05) is 27.7 Å². The van der Waals surface area contributed by atoms with E-state index in [1.54, 1.807) is 0 Å². The zero-order valence-electron chi connectivity index (χ0n) is 39.6. The molecule has 1 aliphatic carbocycles. The van der Waals surface area contributed by atoms with Crippen molar-refractivity contribution in [3.63, 3.8) is 0 Å². The molecule has 0 saturated carbocycles. The van der Waals surface area contributed by atoms with Gasteiger partial charge in [0, 0.05) is 95.9 Å². The molecule has 6 N–H and O–H groups in total. The minimum absolute atomic E-state index is 0.0626. The predicted molar refractivity (Wildman–Crippen MR) is 260 cm³/mol. The number of fused-ring (bicyclic) bond motifs is 8. The van der Waals surface area contributed by atoms with Gasteiger partial charge in [-0.2, -0.15) is 0 Å². The number of phosphoric acid groups is 2. The van der Waals surface area contributed by atoms with E-state index in [0.29, 0.717) is 25.7 Å². The van der Waals surface area contributed by atoms with Crippen LogP contribution in [0.2, 0.25) is 0 Å². The van der Waals surface area contributed by atoms with E-state index in [4.69, 9.17) is 9.05 Å². The van der Waals surface area contributed by atoms with E-state index in [0.717, 1.165) is 51.4 Å². The molecule has 0 amide bonds. The van der Waals surface area contributed by atoms with Crippen LogP contribution in [-0.2, 0) is 34.8 Å². The van der Waals surface area contributed by atoms with Crippen molar-refractivity contribution < 1.29 is 67.1 Å². The zero-order valence-corrected chi connectivity index (χ0v) is 41.4. The largest absolute Gasteiger partial charge is 0.524 e. The van der Waals surface area contributed by atoms with E-state index in [-0.39, 0.29) is 164 Å². The van der Waals surface area contributed by atoms with Crippen LogP contribution in [0.15, 0.2) is 48.5 Å². The first-order valence-corrected chi connectivity index (χ1v) is 27.0. The Kier molecular flexibility index (Phi) is 19.5. The number of carbonyl (C=O) groups excluding carboxylic acids is 4. The third-order valence-corrected chi connectivity index (χ3v) is 13.1. The lowest BCUT2D eigenvalue weighted by Gasteiger charge is -2.22. The average molecular weight is 977 g/mol. The van der Waals surface area contributed by atoms with Crippen LogP contribution in [0.3, 0.4) is 0 Å². The molecule has 0 radical (unpaired) electrons. The van der Waals surface area contributed by atoms with Crippen molar-refractivity contribution in [3.05, 3.63) is 115 Å². The van der Waals surface area contributed by atoms with Gasteiger partial charge < -0.3 is 19.3 Å².